The van der Waals surface area contributed by atoms with Crippen LogP contribution in [0.4, 0.5) is 0 Å². The van der Waals surface area contributed by atoms with Gasteiger partial charge in [-0.15, -0.1) is 0 Å². The molecule has 8 heteroatoms. The van der Waals surface area contributed by atoms with Crippen LogP contribution in [0.5, 0.6) is 0 Å². The molecular weight excluding hydrogens is 424 g/mol. The van der Waals surface area contributed by atoms with Gasteiger partial charge in [0.25, 0.3) is 5.91 Å². The van der Waals surface area contributed by atoms with E-state index in [-0.39, 0.29) is 11.9 Å². The number of rotatable bonds is 3. The Labute approximate surface area is 190 Å². The van der Waals surface area contributed by atoms with Gasteiger partial charge in [-0.3, -0.25) is 4.79 Å². The SMILES string of the molecule is C=C1C[C@@H](c2nc3ccc(Cl)c(C)c3[nH]2)N(C(=O)c2cc(C)c(C)cc2-n2nccn2)C1. The van der Waals surface area contributed by atoms with Crippen LogP contribution in [0.25, 0.3) is 16.7 Å². The van der Waals surface area contributed by atoms with E-state index in [1.165, 1.54) is 4.80 Å². The number of H-pyrrole nitrogens is 1. The number of amides is 1. The van der Waals surface area contributed by atoms with Crippen LogP contribution in [0.1, 0.15) is 45.3 Å². The van der Waals surface area contributed by atoms with Crippen molar-refractivity contribution in [2.24, 2.45) is 0 Å². The Morgan fingerprint density at radius 2 is 1.88 bits per heavy atom. The summed E-state index contributed by atoms with van der Waals surface area (Å²) in [6.45, 7) is 10.6. The fourth-order valence-electron chi connectivity index (χ4n) is 4.26. The molecule has 1 fully saturated rings. The number of aryl methyl sites for hydroxylation is 3. The lowest BCUT2D eigenvalue weighted by molar-refractivity contribution is 0.0732. The molecule has 1 amide bonds. The summed E-state index contributed by atoms with van der Waals surface area (Å²) in [7, 11) is 0. The molecule has 0 unspecified atom stereocenters. The molecule has 1 N–H and O–H groups in total. The highest BCUT2D eigenvalue weighted by atomic mass is 35.5. The van der Waals surface area contributed by atoms with E-state index in [0.29, 0.717) is 29.2 Å². The zero-order chi connectivity index (χ0) is 22.6. The predicted octanol–water partition coefficient (Wildman–Crippen LogP) is 4.87. The minimum absolute atomic E-state index is 0.0979. The van der Waals surface area contributed by atoms with E-state index in [2.05, 4.69) is 21.8 Å². The van der Waals surface area contributed by atoms with Crippen molar-refractivity contribution in [1.29, 1.82) is 0 Å². The van der Waals surface area contributed by atoms with Crippen LogP contribution in [0.2, 0.25) is 5.02 Å². The Kier molecular flexibility index (Phi) is 4.86. The van der Waals surface area contributed by atoms with Gasteiger partial charge in [0, 0.05) is 11.6 Å². The molecule has 1 atom stereocenters. The highest BCUT2D eigenvalue weighted by molar-refractivity contribution is 6.32. The number of likely N-dealkylation sites (tertiary alicyclic amines) is 1. The van der Waals surface area contributed by atoms with Crippen molar-refractivity contribution in [1.82, 2.24) is 29.9 Å². The third kappa shape index (κ3) is 3.29. The highest BCUT2D eigenvalue weighted by Gasteiger charge is 2.36. The first-order valence-corrected chi connectivity index (χ1v) is 10.8. The summed E-state index contributed by atoms with van der Waals surface area (Å²) in [6.07, 6.45) is 3.86. The minimum atomic E-state index is -0.236. The number of fused-ring (bicyclic) bond motifs is 1. The van der Waals surface area contributed by atoms with Crippen molar-refractivity contribution in [2.75, 3.05) is 6.54 Å². The summed E-state index contributed by atoms with van der Waals surface area (Å²) >= 11 is 6.29. The quantitative estimate of drug-likeness (QED) is 0.455. The number of nitrogens with zero attached hydrogens (tertiary/aromatic N) is 5. The average molecular weight is 447 g/mol. The van der Waals surface area contributed by atoms with Gasteiger partial charge in [-0.2, -0.15) is 15.0 Å². The maximum absolute atomic E-state index is 13.8. The molecule has 1 aliphatic rings. The third-order valence-corrected chi connectivity index (χ3v) is 6.59. The molecule has 7 nitrogen and oxygen atoms in total. The largest absolute Gasteiger partial charge is 0.340 e. The number of imidazole rings is 1. The first kappa shape index (κ1) is 20.5. The molecule has 1 saturated heterocycles. The van der Waals surface area contributed by atoms with Crippen LogP contribution in [0.3, 0.4) is 0 Å². The van der Waals surface area contributed by atoms with Crippen molar-refractivity contribution in [3.05, 3.63) is 81.9 Å². The van der Waals surface area contributed by atoms with Crippen LogP contribution in [-0.2, 0) is 0 Å². The first-order valence-electron chi connectivity index (χ1n) is 10.4. The van der Waals surface area contributed by atoms with E-state index in [4.69, 9.17) is 16.6 Å². The molecule has 0 radical (unpaired) electrons. The zero-order valence-electron chi connectivity index (χ0n) is 18.2. The molecule has 0 aliphatic carbocycles. The van der Waals surface area contributed by atoms with Crippen molar-refractivity contribution in [2.45, 2.75) is 33.2 Å². The van der Waals surface area contributed by atoms with E-state index in [0.717, 1.165) is 39.1 Å². The monoisotopic (exact) mass is 446 g/mol. The molecule has 5 rings (SSSR count). The molecule has 32 heavy (non-hydrogen) atoms. The Balaban J connectivity index is 1.59. The Bertz CT molecular complexity index is 1370. The van der Waals surface area contributed by atoms with Gasteiger partial charge in [0.2, 0.25) is 0 Å². The normalized spacial score (nSPS) is 16.3. The lowest BCUT2D eigenvalue weighted by Gasteiger charge is -2.24. The first-order chi connectivity index (χ1) is 15.3. The smallest absolute Gasteiger partial charge is 0.257 e. The van der Waals surface area contributed by atoms with Gasteiger partial charge in [0.05, 0.1) is 40.7 Å². The summed E-state index contributed by atoms with van der Waals surface area (Å²) in [4.78, 5) is 25.4. The number of hydrogen-bond acceptors (Lipinski definition) is 4. The van der Waals surface area contributed by atoms with Gasteiger partial charge >= 0.3 is 0 Å². The summed E-state index contributed by atoms with van der Waals surface area (Å²) < 4.78 is 0. The van der Waals surface area contributed by atoms with Crippen LogP contribution in [-0.4, -0.2) is 42.3 Å². The van der Waals surface area contributed by atoms with E-state index in [1.54, 1.807) is 12.4 Å². The maximum Gasteiger partial charge on any atom is 0.257 e. The number of carbonyl (C=O) groups is 1. The Hall–Kier alpha value is -3.45. The second-order valence-corrected chi connectivity index (χ2v) is 8.77. The summed E-state index contributed by atoms with van der Waals surface area (Å²) in [5.74, 6) is 0.638. The molecule has 162 valence electrons. The minimum Gasteiger partial charge on any atom is -0.340 e. The van der Waals surface area contributed by atoms with Crippen LogP contribution < -0.4 is 0 Å². The molecule has 2 aromatic heterocycles. The van der Waals surface area contributed by atoms with Crippen LogP contribution in [0.15, 0.2) is 48.8 Å². The van der Waals surface area contributed by atoms with Crippen molar-refractivity contribution >= 4 is 28.5 Å². The van der Waals surface area contributed by atoms with Crippen molar-refractivity contribution in [3.63, 3.8) is 0 Å². The van der Waals surface area contributed by atoms with E-state index < -0.39 is 0 Å². The Morgan fingerprint density at radius 3 is 2.62 bits per heavy atom. The topological polar surface area (TPSA) is 79.7 Å². The predicted molar refractivity (Wildman–Crippen MR) is 124 cm³/mol. The molecule has 0 bridgehead atoms. The van der Waals surface area contributed by atoms with E-state index in [9.17, 15) is 4.79 Å². The number of halogens is 1. The number of carbonyl (C=O) groups excluding carboxylic acids is 1. The van der Waals surface area contributed by atoms with Crippen LogP contribution >= 0.6 is 11.6 Å². The van der Waals surface area contributed by atoms with E-state index >= 15 is 0 Å². The second-order valence-electron chi connectivity index (χ2n) is 8.36. The summed E-state index contributed by atoms with van der Waals surface area (Å²) in [5, 5.41) is 9.19. The molecule has 0 spiro atoms. The number of nitrogens with one attached hydrogen (secondary N) is 1. The van der Waals surface area contributed by atoms with E-state index in [1.807, 2.05) is 49.9 Å². The number of benzene rings is 2. The molecular formula is C24H23ClN6O. The molecule has 2 aromatic carbocycles. The zero-order valence-corrected chi connectivity index (χ0v) is 18.9. The highest BCUT2D eigenvalue weighted by Crippen LogP contribution is 2.37. The summed E-state index contributed by atoms with van der Waals surface area (Å²) in [6, 6.07) is 7.37. The molecule has 1 aliphatic heterocycles. The van der Waals surface area contributed by atoms with Crippen LogP contribution in [0, 0.1) is 20.8 Å². The molecule has 3 heterocycles. The fourth-order valence-corrected chi connectivity index (χ4v) is 4.41. The number of aromatic nitrogens is 5. The molecule has 0 saturated carbocycles. The number of hydrogen-bond donors (Lipinski definition) is 1. The standard InChI is InChI=1S/C24H23ClN6O/c1-13-9-21(23-28-19-6-5-18(25)16(4)22(19)29-23)30(12-13)24(32)17-10-14(2)15(3)11-20(17)31-26-7-8-27-31/h5-8,10-11,21H,1,9,12H2,2-4H3,(H,28,29)/t21-/m0/s1. The average Bonchev–Trinajstić information content (AvgIpc) is 3.51. The Morgan fingerprint density at radius 1 is 1.16 bits per heavy atom. The number of aromatic amines is 1. The second kappa shape index (κ2) is 7.60. The molecule has 4 aromatic rings. The van der Waals surface area contributed by atoms with Gasteiger partial charge in [0.15, 0.2) is 0 Å². The third-order valence-electron chi connectivity index (χ3n) is 6.18. The van der Waals surface area contributed by atoms with Gasteiger partial charge < -0.3 is 9.88 Å². The van der Waals surface area contributed by atoms with Crippen molar-refractivity contribution in [3.8, 4) is 5.69 Å². The maximum atomic E-state index is 13.8. The van der Waals surface area contributed by atoms with Gasteiger partial charge in [-0.25, -0.2) is 4.98 Å². The van der Waals surface area contributed by atoms with Crippen molar-refractivity contribution < 1.29 is 4.79 Å². The van der Waals surface area contributed by atoms with Gasteiger partial charge in [-0.1, -0.05) is 23.8 Å². The lowest BCUT2D eigenvalue weighted by Crippen LogP contribution is -2.32. The lowest BCUT2D eigenvalue weighted by atomic mass is 10.0. The fraction of sp³-hybridized carbons (Fsp3) is 0.250. The van der Waals surface area contributed by atoms with Gasteiger partial charge in [0.1, 0.15) is 5.82 Å². The summed E-state index contributed by atoms with van der Waals surface area (Å²) in [5.41, 5.74) is 6.98. The van der Waals surface area contributed by atoms with Gasteiger partial charge in [-0.05, 0) is 68.1 Å².